The standard InChI is InChI=1S/C16H18N2O3/c1-10-9-11(2)17-15(14(10)16(19)20)18(3)12-5-7-13(21-4)8-6-12/h5-9H,1-4H3,(H,19,20). The van der Waals surface area contributed by atoms with Crippen molar-refractivity contribution in [3.8, 4) is 5.75 Å². The van der Waals surface area contributed by atoms with E-state index >= 15 is 0 Å². The first-order chi connectivity index (χ1) is 9.93. The van der Waals surface area contributed by atoms with Gasteiger partial charge in [-0.05, 0) is 49.7 Å². The first kappa shape index (κ1) is 14.8. The molecule has 0 aliphatic rings. The summed E-state index contributed by atoms with van der Waals surface area (Å²) < 4.78 is 5.13. The van der Waals surface area contributed by atoms with Crippen molar-refractivity contribution in [3.05, 3.63) is 47.2 Å². The number of carboxylic acid groups (broad SMARTS) is 1. The van der Waals surface area contributed by atoms with Crippen molar-refractivity contribution in [3.63, 3.8) is 0 Å². The Labute approximate surface area is 123 Å². The van der Waals surface area contributed by atoms with Gasteiger partial charge >= 0.3 is 5.97 Å². The number of rotatable bonds is 4. The average molecular weight is 286 g/mol. The number of benzene rings is 1. The van der Waals surface area contributed by atoms with Gasteiger partial charge in [-0.15, -0.1) is 0 Å². The number of hydrogen-bond acceptors (Lipinski definition) is 4. The van der Waals surface area contributed by atoms with Crippen LogP contribution in [0.25, 0.3) is 0 Å². The van der Waals surface area contributed by atoms with Gasteiger partial charge in [0.2, 0.25) is 0 Å². The summed E-state index contributed by atoms with van der Waals surface area (Å²) in [6.07, 6.45) is 0. The topological polar surface area (TPSA) is 62.7 Å². The summed E-state index contributed by atoms with van der Waals surface area (Å²) >= 11 is 0. The maximum Gasteiger partial charge on any atom is 0.339 e. The van der Waals surface area contributed by atoms with Crippen molar-refractivity contribution >= 4 is 17.5 Å². The van der Waals surface area contributed by atoms with Gasteiger partial charge in [0.25, 0.3) is 0 Å². The van der Waals surface area contributed by atoms with Crippen LogP contribution in [0.2, 0.25) is 0 Å². The third-order valence-corrected chi connectivity index (χ3v) is 3.32. The fourth-order valence-corrected chi connectivity index (χ4v) is 2.25. The van der Waals surface area contributed by atoms with Gasteiger partial charge < -0.3 is 14.7 Å². The third-order valence-electron chi connectivity index (χ3n) is 3.32. The van der Waals surface area contributed by atoms with Crippen LogP contribution >= 0.6 is 0 Å². The second-order valence-electron chi connectivity index (χ2n) is 4.84. The lowest BCUT2D eigenvalue weighted by Crippen LogP contribution is -2.17. The van der Waals surface area contributed by atoms with E-state index in [2.05, 4.69) is 4.98 Å². The van der Waals surface area contributed by atoms with Crippen LogP contribution in [-0.2, 0) is 0 Å². The molecule has 1 N–H and O–H groups in total. The number of hydrogen-bond donors (Lipinski definition) is 1. The molecule has 1 aromatic heterocycles. The summed E-state index contributed by atoms with van der Waals surface area (Å²) in [5, 5.41) is 9.43. The Kier molecular flexibility index (Phi) is 4.12. The van der Waals surface area contributed by atoms with Crippen LogP contribution in [0, 0.1) is 13.8 Å². The maximum atomic E-state index is 11.5. The number of aromatic nitrogens is 1. The Morgan fingerprint density at radius 2 is 1.86 bits per heavy atom. The molecule has 110 valence electrons. The van der Waals surface area contributed by atoms with Crippen LogP contribution in [0.3, 0.4) is 0 Å². The second kappa shape index (κ2) is 5.83. The molecule has 0 unspecified atom stereocenters. The van der Waals surface area contributed by atoms with Crippen molar-refractivity contribution < 1.29 is 14.6 Å². The summed E-state index contributed by atoms with van der Waals surface area (Å²) in [5.74, 6) is 0.208. The number of aromatic carboxylic acids is 1. The number of anilines is 2. The van der Waals surface area contributed by atoms with Gasteiger partial charge in [0.15, 0.2) is 0 Å². The quantitative estimate of drug-likeness (QED) is 0.935. The van der Waals surface area contributed by atoms with Crippen LogP contribution in [0.15, 0.2) is 30.3 Å². The molecule has 0 saturated carbocycles. The van der Waals surface area contributed by atoms with E-state index in [-0.39, 0.29) is 5.56 Å². The van der Waals surface area contributed by atoms with Crippen LogP contribution < -0.4 is 9.64 Å². The molecule has 1 aromatic carbocycles. The smallest absolute Gasteiger partial charge is 0.339 e. The lowest BCUT2D eigenvalue weighted by atomic mass is 10.1. The zero-order valence-corrected chi connectivity index (χ0v) is 12.5. The lowest BCUT2D eigenvalue weighted by molar-refractivity contribution is 0.0696. The van der Waals surface area contributed by atoms with E-state index in [1.807, 2.05) is 31.2 Å². The molecule has 0 bridgehead atoms. The Morgan fingerprint density at radius 1 is 1.24 bits per heavy atom. The molecule has 2 rings (SSSR count). The Balaban J connectivity index is 2.51. The Bertz CT molecular complexity index is 666. The van der Waals surface area contributed by atoms with Crippen molar-refractivity contribution in [2.24, 2.45) is 0 Å². The highest BCUT2D eigenvalue weighted by Crippen LogP contribution is 2.29. The first-order valence-electron chi connectivity index (χ1n) is 6.53. The molecule has 5 heteroatoms. The zero-order valence-electron chi connectivity index (χ0n) is 12.5. The molecule has 21 heavy (non-hydrogen) atoms. The molecule has 0 aliphatic heterocycles. The lowest BCUT2D eigenvalue weighted by Gasteiger charge is -2.22. The molecule has 0 fully saturated rings. The van der Waals surface area contributed by atoms with E-state index in [9.17, 15) is 9.90 Å². The van der Waals surface area contributed by atoms with Gasteiger partial charge in [-0.3, -0.25) is 0 Å². The molecule has 0 spiro atoms. The number of pyridine rings is 1. The first-order valence-corrected chi connectivity index (χ1v) is 6.53. The number of ether oxygens (including phenoxy) is 1. The normalized spacial score (nSPS) is 10.3. The van der Waals surface area contributed by atoms with E-state index in [4.69, 9.17) is 4.74 Å². The van der Waals surface area contributed by atoms with Gasteiger partial charge in [0, 0.05) is 18.4 Å². The molecule has 0 radical (unpaired) electrons. The van der Waals surface area contributed by atoms with E-state index in [0.29, 0.717) is 11.4 Å². The number of carbonyl (C=O) groups is 1. The minimum absolute atomic E-state index is 0.221. The highest BCUT2D eigenvalue weighted by molar-refractivity contribution is 5.96. The average Bonchev–Trinajstić information content (AvgIpc) is 2.45. The van der Waals surface area contributed by atoms with E-state index in [1.165, 1.54) is 0 Å². The van der Waals surface area contributed by atoms with Crippen LogP contribution in [-0.4, -0.2) is 30.2 Å². The minimum Gasteiger partial charge on any atom is -0.497 e. The molecular weight excluding hydrogens is 268 g/mol. The van der Waals surface area contributed by atoms with Crippen LogP contribution in [0.1, 0.15) is 21.6 Å². The summed E-state index contributed by atoms with van der Waals surface area (Å²) in [6.45, 7) is 3.63. The number of aryl methyl sites for hydroxylation is 2. The van der Waals surface area contributed by atoms with Gasteiger partial charge in [-0.25, -0.2) is 9.78 Å². The molecule has 0 atom stereocenters. The van der Waals surface area contributed by atoms with Crippen molar-refractivity contribution in [1.82, 2.24) is 4.98 Å². The van der Waals surface area contributed by atoms with E-state index < -0.39 is 5.97 Å². The van der Waals surface area contributed by atoms with Crippen molar-refractivity contribution in [1.29, 1.82) is 0 Å². The van der Waals surface area contributed by atoms with Gasteiger partial charge in [-0.2, -0.15) is 0 Å². The summed E-state index contributed by atoms with van der Waals surface area (Å²) in [6, 6.07) is 9.16. The maximum absolute atomic E-state index is 11.5. The van der Waals surface area contributed by atoms with E-state index in [0.717, 1.165) is 17.1 Å². The van der Waals surface area contributed by atoms with Crippen LogP contribution in [0.5, 0.6) is 5.75 Å². The Hall–Kier alpha value is -2.56. The predicted molar refractivity (Wildman–Crippen MR) is 81.7 cm³/mol. The van der Waals surface area contributed by atoms with Gasteiger partial charge in [-0.1, -0.05) is 0 Å². The molecule has 0 aliphatic carbocycles. The highest BCUT2D eigenvalue weighted by Gasteiger charge is 2.19. The molecule has 0 amide bonds. The van der Waals surface area contributed by atoms with Crippen molar-refractivity contribution in [2.75, 3.05) is 19.1 Å². The predicted octanol–water partition coefficient (Wildman–Crippen LogP) is 3.17. The molecule has 2 aromatic rings. The molecule has 1 heterocycles. The number of nitrogens with zero attached hydrogens (tertiary/aromatic N) is 2. The highest BCUT2D eigenvalue weighted by atomic mass is 16.5. The summed E-state index contributed by atoms with van der Waals surface area (Å²) in [5.41, 5.74) is 2.55. The summed E-state index contributed by atoms with van der Waals surface area (Å²) in [4.78, 5) is 17.7. The zero-order chi connectivity index (χ0) is 15.6. The fraction of sp³-hybridized carbons (Fsp3) is 0.250. The van der Waals surface area contributed by atoms with Gasteiger partial charge in [0.05, 0.1) is 7.11 Å². The second-order valence-corrected chi connectivity index (χ2v) is 4.84. The minimum atomic E-state index is -0.977. The summed E-state index contributed by atoms with van der Waals surface area (Å²) in [7, 11) is 3.40. The SMILES string of the molecule is COc1ccc(N(C)c2nc(C)cc(C)c2C(=O)O)cc1. The van der Waals surface area contributed by atoms with Gasteiger partial charge in [0.1, 0.15) is 17.1 Å². The van der Waals surface area contributed by atoms with E-state index in [1.54, 1.807) is 32.0 Å². The Morgan fingerprint density at radius 3 is 2.38 bits per heavy atom. The molecule has 5 nitrogen and oxygen atoms in total. The van der Waals surface area contributed by atoms with Crippen LogP contribution in [0.4, 0.5) is 11.5 Å². The molecule has 0 saturated heterocycles. The largest absolute Gasteiger partial charge is 0.497 e. The molecular formula is C16H18N2O3. The third kappa shape index (κ3) is 2.97. The number of methoxy groups -OCH3 is 1. The fourth-order valence-electron chi connectivity index (χ4n) is 2.25. The monoisotopic (exact) mass is 286 g/mol. The van der Waals surface area contributed by atoms with Crippen molar-refractivity contribution in [2.45, 2.75) is 13.8 Å². The number of carboxylic acids is 1.